The number of epoxide rings is 3. The fourth-order valence-corrected chi connectivity index (χ4v) is 4.34. The lowest BCUT2D eigenvalue weighted by atomic mass is 9.36. The molecule has 0 amide bonds. The van der Waals surface area contributed by atoms with Crippen molar-refractivity contribution in [3.8, 4) is 0 Å². The maximum atomic E-state index is 6.01. The molecule has 3 fully saturated rings. The summed E-state index contributed by atoms with van der Waals surface area (Å²) in [7, 11) is 0. The molecule has 3 heterocycles. The lowest BCUT2D eigenvalue weighted by molar-refractivity contribution is 0.286. The average molecular weight is 308 g/mol. The van der Waals surface area contributed by atoms with Gasteiger partial charge in [-0.2, -0.15) is 0 Å². The Balaban J connectivity index is 1.70. The van der Waals surface area contributed by atoms with Crippen LogP contribution in [0.5, 0.6) is 0 Å². The van der Waals surface area contributed by atoms with E-state index in [9.17, 15) is 0 Å². The second kappa shape index (κ2) is 4.12. The van der Waals surface area contributed by atoms with Crippen LogP contribution in [0.15, 0.2) is 0 Å². The van der Waals surface area contributed by atoms with Gasteiger partial charge in [-0.1, -0.05) is 0 Å². The topological polar surface area (TPSA) is 37.6 Å². The van der Waals surface area contributed by atoms with Crippen molar-refractivity contribution in [2.75, 3.05) is 0 Å². The van der Waals surface area contributed by atoms with E-state index in [0.29, 0.717) is 6.71 Å². The van der Waals surface area contributed by atoms with Gasteiger partial charge in [-0.05, 0) is 81.3 Å². The first-order valence-corrected chi connectivity index (χ1v) is 8.76. The van der Waals surface area contributed by atoms with E-state index in [-0.39, 0.29) is 33.6 Å². The van der Waals surface area contributed by atoms with Gasteiger partial charge < -0.3 is 14.2 Å². The van der Waals surface area contributed by atoms with E-state index in [0.717, 1.165) is 19.0 Å². The molecule has 3 nitrogen and oxygen atoms in total. The van der Waals surface area contributed by atoms with Crippen molar-refractivity contribution in [1.82, 2.24) is 0 Å². The molecule has 3 aliphatic heterocycles. The molecule has 22 heavy (non-hydrogen) atoms. The van der Waals surface area contributed by atoms with Gasteiger partial charge in [0, 0.05) is 0 Å². The molecule has 0 aromatic carbocycles. The monoisotopic (exact) mass is 308 g/mol. The third-order valence-electron chi connectivity index (χ3n) is 7.17. The molecule has 0 aromatic rings. The fraction of sp³-hybridized carbons (Fsp3) is 1.00. The standard InChI is InChI=1S/C18H33BO3/c1-13(2)16(7,20-13)10-19(11-17(8)14(3,4)21-17)12-18(9)15(5,6)22-18/h10-12H2,1-9H3. The second-order valence-electron chi connectivity index (χ2n) is 10.0. The van der Waals surface area contributed by atoms with Gasteiger partial charge in [-0.15, -0.1) is 0 Å². The summed E-state index contributed by atoms with van der Waals surface area (Å²) in [4.78, 5) is 0. The zero-order valence-electron chi connectivity index (χ0n) is 15.9. The molecule has 3 rings (SSSR count). The highest BCUT2D eigenvalue weighted by Gasteiger charge is 2.67. The summed E-state index contributed by atoms with van der Waals surface area (Å²) in [5.41, 5.74) is 0.0279. The zero-order valence-corrected chi connectivity index (χ0v) is 15.9. The van der Waals surface area contributed by atoms with Gasteiger partial charge in [0.25, 0.3) is 0 Å². The van der Waals surface area contributed by atoms with Gasteiger partial charge >= 0.3 is 0 Å². The van der Waals surface area contributed by atoms with E-state index in [2.05, 4.69) is 62.3 Å². The maximum Gasteiger partial charge on any atom is 0.149 e. The largest absolute Gasteiger partial charge is 0.364 e. The van der Waals surface area contributed by atoms with E-state index in [1.807, 2.05) is 0 Å². The van der Waals surface area contributed by atoms with Crippen LogP contribution < -0.4 is 0 Å². The van der Waals surface area contributed by atoms with Crippen LogP contribution in [0.3, 0.4) is 0 Å². The fourth-order valence-electron chi connectivity index (χ4n) is 4.34. The van der Waals surface area contributed by atoms with E-state index in [4.69, 9.17) is 14.2 Å². The Morgan fingerprint density at radius 3 is 0.818 bits per heavy atom. The molecule has 126 valence electrons. The van der Waals surface area contributed by atoms with E-state index in [1.54, 1.807) is 0 Å². The van der Waals surface area contributed by atoms with Crippen LogP contribution >= 0.6 is 0 Å². The molecular weight excluding hydrogens is 275 g/mol. The SMILES string of the molecule is CC1(C)OC1(C)CB(CC1(C)OC1(C)C)CC1(C)OC1(C)C. The third-order valence-corrected chi connectivity index (χ3v) is 7.17. The molecule has 0 saturated carbocycles. The Hall–Kier alpha value is -0.0551. The summed E-state index contributed by atoms with van der Waals surface area (Å²) < 4.78 is 18.0. The minimum absolute atomic E-state index is 0.00243. The van der Waals surface area contributed by atoms with Gasteiger partial charge in [-0.3, -0.25) is 0 Å². The van der Waals surface area contributed by atoms with Gasteiger partial charge in [0.05, 0.1) is 33.6 Å². The summed E-state index contributed by atoms with van der Waals surface area (Å²) >= 11 is 0. The lowest BCUT2D eigenvalue weighted by Crippen LogP contribution is -2.35. The predicted molar refractivity (Wildman–Crippen MR) is 90.9 cm³/mol. The highest BCUT2D eigenvalue weighted by molar-refractivity contribution is 6.60. The molecule has 0 spiro atoms. The molecule has 0 radical (unpaired) electrons. The normalized spacial score (nSPS) is 46.2. The van der Waals surface area contributed by atoms with Crippen LogP contribution in [0.1, 0.15) is 62.3 Å². The highest BCUT2D eigenvalue weighted by atomic mass is 16.6. The van der Waals surface area contributed by atoms with Gasteiger partial charge in [-0.25, -0.2) is 0 Å². The number of hydrogen-bond donors (Lipinski definition) is 0. The van der Waals surface area contributed by atoms with Crippen LogP contribution in [0.2, 0.25) is 19.0 Å². The Bertz CT molecular complexity index is 429. The summed E-state index contributed by atoms with van der Waals surface area (Å²) in [6.07, 6.45) is 3.26. The number of rotatable bonds is 6. The summed E-state index contributed by atoms with van der Waals surface area (Å²) in [6.45, 7) is 20.5. The minimum Gasteiger partial charge on any atom is -0.364 e. The molecule has 3 unspecified atom stereocenters. The smallest absolute Gasteiger partial charge is 0.149 e. The summed E-state index contributed by atoms with van der Waals surface area (Å²) in [5.74, 6) is 0. The Labute approximate surface area is 136 Å². The quantitative estimate of drug-likeness (QED) is 0.545. The van der Waals surface area contributed by atoms with Crippen molar-refractivity contribution in [3.63, 3.8) is 0 Å². The van der Waals surface area contributed by atoms with Gasteiger partial charge in [0.15, 0.2) is 0 Å². The van der Waals surface area contributed by atoms with Crippen molar-refractivity contribution in [2.24, 2.45) is 0 Å². The van der Waals surface area contributed by atoms with Crippen molar-refractivity contribution in [3.05, 3.63) is 0 Å². The van der Waals surface area contributed by atoms with Crippen LogP contribution in [0.4, 0.5) is 0 Å². The third kappa shape index (κ3) is 2.46. The van der Waals surface area contributed by atoms with Crippen molar-refractivity contribution < 1.29 is 14.2 Å². The second-order valence-corrected chi connectivity index (χ2v) is 10.0. The molecule has 0 aromatic heterocycles. The maximum absolute atomic E-state index is 6.01. The van der Waals surface area contributed by atoms with Crippen LogP contribution in [-0.4, -0.2) is 40.3 Å². The van der Waals surface area contributed by atoms with Gasteiger partial charge in [0.1, 0.15) is 6.71 Å². The van der Waals surface area contributed by atoms with E-state index < -0.39 is 0 Å². The van der Waals surface area contributed by atoms with E-state index >= 15 is 0 Å². The predicted octanol–water partition coefficient (Wildman–Crippen LogP) is 4.18. The minimum atomic E-state index is 0.00243. The highest BCUT2D eigenvalue weighted by Crippen LogP contribution is 2.58. The molecule has 0 aliphatic carbocycles. The first-order chi connectivity index (χ1) is 9.66. The van der Waals surface area contributed by atoms with E-state index in [1.165, 1.54) is 0 Å². The van der Waals surface area contributed by atoms with Crippen molar-refractivity contribution >= 4 is 6.71 Å². The molecule has 0 N–H and O–H groups in total. The molecule has 0 bridgehead atoms. The molecular formula is C18H33BO3. The average Bonchev–Trinajstić information content (AvgIpc) is 3.03. The molecule has 3 saturated heterocycles. The molecule has 3 atom stereocenters. The Morgan fingerprint density at radius 2 is 0.682 bits per heavy atom. The van der Waals surface area contributed by atoms with Crippen molar-refractivity contribution in [1.29, 1.82) is 0 Å². The number of ether oxygens (including phenoxy) is 3. The Morgan fingerprint density at radius 1 is 0.500 bits per heavy atom. The summed E-state index contributed by atoms with van der Waals surface area (Å²) in [5, 5.41) is 0. The first-order valence-electron chi connectivity index (χ1n) is 8.76. The van der Waals surface area contributed by atoms with Gasteiger partial charge in [0.2, 0.25) is 0 Å². The van der Waals surface area contributed by atoms with Crippen LogP contribution in [-0.2, 0) is 14.2 Å². The lowest BCUT2D eigenvalue weighted by Gasteiger charge is -2.23. The molecule has 3 aliphatic rings. The molecule has 4 heteroatoms. The van der Waals surface area contributed by atoms with Crippen molar-refractivity contribution in [2.45, 2.75) is 115 Å². The Kier molecular flexibility index (Phi) is 3.15. The zero-order chi connectivity index (χ0) is 16.8. The first kappa shape index (κ1) is 16.8. The van der Waals surface area contributed by atoms with Crippen LogP contribution in [0, 0.1) is 0 Å². The number of hydrogen-bond acceptors (Lipinski definition) is 3. The van der Waals surface area contributed by atoms with Crippen LogP contribution in [0.25, 0.3) is 0 Å². The summed E-state index contributed by atoms with van der Waals surface area (Å²) in [6, 6.07) is 0.